The van der Waals surface area contributed by atoms with E-state index >= 15 is 0 Å². The Morgan fingerprint density at radius 1 is 1.27 bits per heavy atom. The SMILES string of the molecule is COc1ccccc1NC(=O)c1cnc(C2CCN(C(=O)CNC(C)=O)C2)nc1C. The molecular weight excluding hydrogens is 386 g/mol. The second-order valence-corrected chi connectivity index (χ2v) is 7.12. The van der Waals surface area contributed by atoms with E-state index in [0.717, 1.165) is 6.42 Å². The highest BCUT2D eigenvalue weighted by Crippen LogP contribution is 2.26. The van der Waals surface area contributed by atoms with Crippen LogP contribution in [0.4, 0.5) is 5.69 Å². The highest BCUT2D eigenvalue weighted by atomic mass is 16.5. The molecule has 1 saturated heterocycles. The number of aromatic nitrogens is 2. The molecule has 2 N–H and O–H groups in total. The van der Waals surface area contributed by atoms with E-state index in [0.29, 0.717) is 41.6 Å². The number of amides is 3. The fraction of sp³-hybridized carbons (Fsp3) is 0.381. The first-order valence-electron chi connectivity index (χ1n) is 9.69. The minimum absolute atomic E-state index is 0.00342. The number of methoxy groups -OCH3 is 1. The average molecular weight is 411 g/mol. The topological polar surface area (TPSA) is 114 Å². The fourth-order valence-corrected chi connectivity index (χ4v) is 3.35. The van der Waals surface area contributed by atoms with Crippen LogP contribution in [0.2, 0.25) is 0 Å². The Kier molecular flexibility index (Phi) is 6.61. The number of benzene rings is 1. The summed E-state index contributed by atoms with van der Waals surface area (Å²) in [5.41, 5.74) is 1.51. The fourth-order valence-electron chi connectivity index (χ4n) is 3.35. The average Bonchev–Trinajstić information content (AvgIpc) is 3.22. The molecule has 1 atom stereocenters. The van der Waals surface area contributed by atoms with E-state index < -0.39 is 0 Å². The Morgan fingerprint density at radius 3 is 2.73 bits per heavy atom. The number of nitrogens with zero attached hydrogens (tertiary/aromatic N) is 3. The predicted octanol–water partition coefficient (Wildman–Crippen LogP) is 1.50. The molecule has 158 valence electrons. The van der Waals surface area contributed by atoms with Crippen LogP contribution in [0.5, 0.6) is 5.75 Å². The molecule has 30 heavy (non-hydrogen) atoms. The molecule has 0 bridgehead atoms. The molecule has 0 saturated carbocycles. The standard InChI is InChI=1S/C21H25N5O4/c1-13-16(21(29)25-17-6-4-5-7-18(17)30-3)10-23-20(24-13)15-8-9-26(12-15)19(28)11-22-14(2)27/h4-7,10,15H,8-9,11-12H2,1-3H3,(H,22,27)(H,25,29). The maximum absolute atomic E-state index is 12.7. The van der Waals surface area contributed by atoms with E-state index in [4.69, 9.17) is 4.74 Å². The number of ether oxygens (including phenoxy) is 1. The zero-order valence-corrected chi connectivity index (χ0v) is 17.3. The summed E-state index contributed by atoms with van der Waals surface area (Å²) < 4.78 is 5.26. The number of anilines is 1. The largest absolute Gasteiger partial charge is 0.495 e. The van der Waals surface area contributed by atoms with Gasteiger partial charge >= 0.3 is 0 Å². The number of para-hydroxylation sites is 2. The van der Waals surface area contributed by atoms with Gasteiger partial charge in [-0.2, -0.15) is 0 Å². The summed E-state index contributed by atoms with van der Waals surface area (Å²) in [7, 11) is 1.54. The van der Waals surface area contributed by atoms with Crippen molar-refractivity contribution in [3.05, 3.63) is 47.5 Å². The molecule has 1 aromatic heterocycles. The third-order valence-electron chi connectivity index (χ3n) is 4.99. The van der Waals surface area contributed by atoms with Gasteiger partial charge in [0.1, 0.15) is 11.6 Å². The van der Waals surface area contributed by atoms with Crippen molar-refractivity contribution in [1.29, 1.82) is 0 Å². The summed E-state index contributed by atoms with van der Waals surface area (Å²) in [6.45, 7) is 4.20. The van der Waals surface area contributed by atoms with Crippen LogP contribution in [-0.4, -0.2) is 59.3 Å². The molecule has 1 aromatic carbocycles. The first kappa shape index (κ1) is 21.2. The van der Waals surface area contributed by atoms with Gasteiger partial charge in [0.15, 0.2) is 0 Å². The molecule has 0 aliphatic carbocycles. The van der Waals surface area contributed by atoms with Gasteiger partial charge in [-0.05, 0) is 25.5 Å². The van der Waals surface area contributed by atoms with Crippen molar-refractivity contribution < 1.29 is 19.1 Å². The summed E-state index contributed by atoms with van der Waals surface area (Å²) in [6, 6.07) is 7.15. The van der Waals surface area contributed by atoms with Crippen LogP contribution in [-0.2, 0) is 9.59 Å². The van der Waals surface area contributed by atoms with Gasteiger partial charge in [0.25, 0.3) is 5.91 Å². The summed E-state index contributed by atoms with van der Waals surface area (Å²) in [5, 5.41) is 5.34. The number of likely N-dealkylation sites (tertiary alicyclic amines) is 1. The lowest BCUT2D eigenvalue weighted by atomic mass is 10.1. The van der Waals surface area contributed by atoms with Gasteiger partial charge in [-0.1, -0.05) is 12.1 Å². The van der Waals surface area contributed by atoms with Gasteiger partial charge in [0.05, 0.1) is 30.6 Å². The zero-order valence-electron chi connectivity index (χ0n) is 17.3. The summed E-state index contributed by atoms with van der Waals surface area (Å²) in [4.78, 5) is 46.4. The first-order chi connectivity index (χ1) is 14.4. The van der Waals surface area contributed by atoms with Crippen LogP contribution in [0.1, 0.15) is 41.1 Å². The molecule has 3 rings (SSSR count). The Bertz CT molecular complexity index is 962. The van der Waals surface area contributed by atoms with Gasteiger partial charge in [0, 0.05) is 32.1 Å². The van der Waals surface area contributed by atoms with Gasteiger partial charge in [0.2, 0.25) is 11.8 Å². The van der Waals surface area contributed by atoms with Crippen molar-refractivity contribution in [3.8, 4) is 5.75 Å². The normalized spacial score (nSPS) is 15.6. The predicted molar refractivity (Wildman–Crippen MR) is 110 cm³/mol. The van der Waals surface area contributed by atoms with E-state index in [1.54, 1.807) is 31.1 Å². The number of nitrogens with one attached hydrogen (secondary N) is 2. The lowest BCUT2D eigenvalue weighted by Gasteiger charge is -2.16. The highest BCUT2D eigenvalue weighted by Gasteiger charge is 2.29. The van der Waals surface area contributed by atoms with Crippen LogP contribution >= 0.6 is 0 Å². The monoisotopic (exact) mass is 411 g/mol. The third kappa shape index (κ3) is 4.91. The van der Waals surface area contributed by atoms with Crippen molar-refractivity contribution in [2.24, 2.45) is 0 Å². The van der Waals surface area contributed by atoms with Crippen LogP contribution < -0.4 is 15.4 Å². The molecule has 1 unspecified atom stereocenters. The molecule has 9 heteroatoms. The second kappa shape index (κ2) is 9.34. The minimum Gasteiger partial charge on any atom is -0.495 e. The maximum Gasteiger partial charge on any atom is 0.259 e. The number of rotatable bonds is 6. The minimum atomic E-state index is -0.318. The molecular formula is C21H25N5O4. The van der Waals surface area contributed by atoms with Gasteiger partial charge in [-0.3, -0.25) is 14.4 Å². The molecule has 9 nitrogen and oxygen atoms in total. The molecule has 1 aliphatic rings. The van der Waals surface area contributed by atoms with E-state index in [1.807, 2.05) is 12.1 Å². The molecule has 0 radical (unpaired) electrons. The lowest BCUT2D eigenvalue weighted by Crippen LogP contribution is -2.38. The van der Waals surface area contributed by atoms with Gasteiger partial charge in [-0.25, -0.2) is 9.97 Å². The van der Waals surface area contributed by atoms with E-state index in [9.17, 15) is 14.4 Å². The molecule has 3 amide bonds. The summed E-state index contributed by atoms with van der Waals surface area (Å²) in [5.74, 6) is 0.489. The zero-order chi connectivity index (χ0) is 21.7. The smallest absolute Gasteiger partial charge is 0.259 e. The highest BCUT2D eigenvalue weighted by molar-refractivity contribution is 6.05. The van der Waals surface area contributed by atoms with Crippen LogP contribution in [0.15, 0.2) is 30.5 Å². The molecule has 2 heterocycles. The van der Waals surface area contributed by atoms with Crippen LogP contribution in [0.25, 0.3) is 0 Å². The van der Waals surface area contributed by atoms with Gasteiger partial charge < -0.3 is 20.3 Å². The van der Waals surface area contributed by atoms with Crippen molar-refractivity contribution >= 4 is 23.4 Å². The number of carbonyl (C=O) groups is 3. The maximum atomic E-state index is 12.7. The van der Waals surface area contributed by atoms with E-state index in [-0.39, 0.29) is 30.2 Å². The molecule has 1 fully saturated rings. The number of hydrogen-bond acceptors (Lipinski definition) is 6. The van der Waals surface area contributed by atoms with Crippen molar-refractivity contribution in [2.75, 3.05) is 32.1 Å². The van der Waals surface area contributed by atoms with E-state index in [2.05, 4.69) is 20.6 Å². The Labute approximate surface area is 174 Å². The quantitative estimate of drug-likeness (QED) is 0.745. The van der Waals surface area contributed by atoms with Gasteiger partial charge in [-0.15, -0.1) is 0 Å². The molecule has 0 spiro atoms. The lowest BCUT2D eigenvalue weighted by molar-refractivity contribution is -0.131. The Balaban J connectivity index is 1.66. The number of aryl methyl sites for hydroxylation is 1. The first-order valence-corrected chi connectivity index (χ1v) is 9.69. The third-order valence-corrected chi connectivity index (χ3v) is 4.99. The second-order valence-electron chi connectivity index (χ2n) is 7.12. The Morgan fingerprint density at radius 2 is 2.03 bits per heavy atom. The summed E-state index contributed by atoms with van der Waals surface area (Å²) in [6.07, 6.45) is 2.25. The molecule has 2 aromatic rings. The van der Waals surface area contributed by atoms with E-state index in [1.165, 1.54) is 13.1 Å². The van der Waals surface area contributed by atoms with Crippen molar-refractivity contribution in [1.82, 2.24) is 20.2 Å². The Hall–Kier alpha value is -3.49. The molecule has 1 aliphatic heterocycles. The van der Waals surface area contributed by atoms with Crippen LogP contribution in [0, 0.1) is 6.92 Å². The summed E-state index contributed by atoms with van der Waals surface area (Å²) >= 11 is 0. The van der Waals surface area contributed by atoms with Crippen molar-refractivity contribution in [2.45, 2.75) is 26.2 Å². The number of hydrogen-bond donors (Lipinski definition) is 2. The number of carbonyl (C=O) groups excluding carboxylic acids is 3. The van der Waals surface area contributed by atoms with Crippen LogP contribution in [0.3, 0.4) is 0 Å². The van der Waals surface area contributed by atoms with Crippen molar-refractivity contribution in [3.63, 3.8) is 0 Å².